The van der Waals surface area contributed by atoms with Gasteiger partial charge in [0.25, 0.3) is 5.91 Å². The van der Waals surface area contributed by atoms with Gasteiger partial charge in [0.1, 0.15) is 11.8 Å². The van der Waals surface area contributed by atoms with Crippen LogP contribution in [0.5, 0.6) is 5.75 Å². The van der Waals surface area contributed by atoms with Crippen LogP contribution < -0.4 is 10.2 Å². The Hall–Kier alpha value is -5.09. The molecule has 9 nitrogen and oxygen atoms in total. The lowest BCUT2D eigenvalue weighted by Gasteiger charge is -2.29. The number of nitriles is 1. The second-order valence-electron chi connectivity index (χ2n) is 10.5. The molecule has 0 radical (unpaired) electrons. The Kier molecular flexibility index (Phi) is 7.50. The van der Waals surface area contributed by atoms with E-state index in [1.54, 1.807) is 29.6 Å². The summed E-state index contributed by atoms with van der Waals surface area (Å²) in [6.45, 7) is 0.998. The molecule has 0 atom stereocenters. The van der Waals surface area contributed by atoms with Crippen LogP contribution in [0, 0.1) is 11.3 Å². The van der Waals surface area contributed by atoms with Gasteiger partial charge >= 0.3 is 5.97 Å². The summed E-state index contributed by atoms with van der Waals surface area (Å²) in [6.07, 6.45) is 0.824. The number of carboxylic acid groups (broad SMARTS) is 1. The summed E-state index contributed by atoms with van der Waals surface area (Å²) >= 11 is 4.10. The minimum absolute atomic E-state index is 0.0365. The average molecular weight is 650 g/mol. The molecular weight excluding hydrogens is 627 g/mol. The third-order valence-electron chi connectivity index (χ3n) is 7.72. The van der Waals surface area contributed by atoms with Crippen LogP contribution in [-0.2, 0) is 19.4 Å². The molecule has 0 saturated carbocycles. The van der Waals surface area contributed by atoms with Crippen LogP contribution in [0.2, 0.25) is 0 Å². The van der Waals surface area contributed by atoms with Crippen molar-refractivity contribution in [3.8, 4) is 22.9 Å². The van der Waals surface area contributed by atoms with Gasteiger partial charge in [-0.05, 0) is 64.4 Å². The summed E-state index contributed by atoms with van der Waals surface area (Å²) in [5.74, 6) is -1.37. The van der Waals surface area contributed by atoms with E-state index in [1.165, 1.54) is 34.0 Å². The Bertz CT molecular complexity index is 2130. The first kappa shape index (κ1) is 28.7. The molecule has 222 valence electrons. The van der Waals surface area contributed by atoms with Gasteiger partial charge in [-0.25, -0.2) is 14.8 Å². The zero-order valence-electron chi connectivity index (χ0n) is 23.5. The topological polar surface area (TPSA) is 139 Å². The van der Waals surface area contributed by atoms with E-state index < -0.39 is 5.97 Å². The second-order valence-corrected chi connectivity index (χ2v) is 13.3. The Morgan fingerprint density at radius 1 is 1.04 bits per heavy atom. The van der Waals surface area contributed by atoms with Crippen LogP contribution in [0.25, 0.3) is 21.3 Å². The molecule has 1 amide bonds. The molecule has 0 spiro atoms. The van der Waals surface area contributed by atoms with E-state index in [0.717, 1.165) is 32.5 Å². The number of aromatic carboxylic acids is 1. The van der Waals surface area contributed by atoms with E-state index in [2.05, 4.69) is 21.4 Å². The first-order chi connectivity index (χ1) is 21.9. The van der Waals surface area contributed by atoms with Crippen LogP contribution >= 0.6 is 34.0 Å². The number of aromatic hydroxyl groups is 1. The lowest BCUT2D eigenvalue weighted by Crippen LogP contribution is -2.32. The van der Waals surface area contributed by atoms with Crippen molar-refractivity contribution in [2.24, 2.45) is 0 Å². The first-order valence-corrected chi connectivity index (χ1v) is 16.5. The van der Waals surface area contributed by atoms with Gasteiger partial charge in [-0.15, -0.1) is 11.3 Å². The zero-order valence-corrected chi connectivity index (χ0v) is 25.9. The fourth-order valence-corrected chi connectivity index (χ4v) is 8.23. The Morgan fingerprint density at radius 2 is 1.91 bits per heavy atom. The second kappa shape index (κ2) is 11.8. The Balaban J connectivity index is 1.16. The molecule has 4 heterocycles. The minimum Gasteiger partial charge on any atom is -0.508 e. The number of benzene rings is 3. The molecule has 0 unspecified atom stereocenters. The molecule has 3 aromatic heterocycles. The highest BCUT2D eigenvalue weighted by Gasteiger charge is 2.27. The van der Waals surface area contributed by atoms with E-state index in [9.17, 15) is 25.1 Å². The number of nitrogens with zero attached hydrogens (tertiary/aromatic N) is 4. The number of rotatable bonds is 7. The first-order valence-electron chi connectivity index (χ1n) is 13.9. The molecule has 3 N–H and O–H groups in total. The van der Waals surface area contributed by atoms with Crippen molar-refractivity contribution < 1.29 is 19.8 Å². The van der Waals surface area contributed by atoms with E-state index in [1.807, 2.05) is 46.7 Å². The zero-order chi connectivity index (χ0) is 31.1. The van der Waals surface area contributed by atoms with Gasteiger partial charge in [-0.3, -0.25) is 10.1 Å². The summed E-state index contributed by atoms with van der Waals surface area (Å²) < 4.78 is 0.987. The molecule has 6 aromatic rings. The van der Waals surface area contributed by atoms with E-state index in [4.69, 9.17) is 0 Å². The molecule has 3 aromatic carbocycles. The Morgan fingerprint density at radius 3 is 2.73 bits per heavy atom. The number of hydrogen-bond acceptors (Lipinski definition) is 10. The number of phenols is 1. The predicted octanol–water partition coefficient (Wildman–Crippen LogP) is 7.16. The van der Waals surface area contributed by atoms with Crippen molar-refractivity contribution >= 4 is 66.4 Å². The van der Waals surface area contributed by atoms with Gasteiger partial charge in [0.05, 0.1) is 15.8 Å². The number of thiazole rings is 2. The number of anilines is 2. The number of fused-ring (bicyclic) bond motifs is 2. The number of carbonyl (C=O) groups is 2. The molecule has 1 aliphatic heterocycles. The third kappa shape index (κ3) is 5.53. The van der Waals surface area contributed by atoms with Crippen LogP contribution in [0.4, 0.5) is 10.3 Å². The van der Waals surface area contributed by atoms with E-state index in [-0.39, 0.29) is 23.8 Å². The number of aromatic nitrogens is 2. The largest absolute Gasteiger partial charge is 0.508 e. The maximum absolute atomic E-state index is 13.4. The number of hydrogen-bond donors (Lipinski definition) is 3. The molecule has 0 bridgehead atoms. The SMILES string of the molecule is N#Cc1cscc1-c1ccc(O)c(Cc2sc(N3CCc4cccc(C(=O)Nc5nc6ccccc6s5)c4C3)nc2C(=O)O)c1. The Labute approximate surface area is 269 Å². The van der Waals surface area contributed by atoms with Crippen molar-refractivity contribution in [1.29, 1.82) is 5.26 Å². The maximum atomic E-state index is 13.4. The molecular formula is C33H23N5O4S3. The number of carbonyl (C=O) groups excluding carboxylic acids is 1. The lowest BCUT2D eigenvalue weighted by molar-refractivity contribution is 0.0690. The molecule has 0 aliphatic carbocycles. The molecule has 0 saturated heterocycles. The number of para-hydroxylation sites is 1. The third-order valence-corrected chi connectivity index (χ3v) is 10.5. The van der Waals surface area contributed by atoms with Gasteiger partial charge in [0.2, 0.25) is 0 Å². The number of amides is 1. The summed E-state index contributed by atoms with van der Waals surface area (Å²) in [5.41, 5.74) is 5.84. The summed E-state index contributed by atoms with van der Waals surface area (Å²) in [6, 6.07) is 20.7. The summed E-state index contributed by atoms with van der Waals surface area (Å²) in [4.78, 5) is 37.3. The van der Waals surface area contributed by atoms with Crippen molar-refractivity contribution in [3.05, 3.63) is 110 Å². The molecule has 0 fully saturated rings. The monoisotopic (exact) mass is 649 g/mol. The van der Waals surface area contributed by atoms with Crippen molar-refractivity contribution in [2.45, 2.75) is 19.4 Å². The van der Waals surface area contributed by atoms with Crippen molar-refractivity contribution in [3.63, 3.8) is 0 Å². The quantitative estimate of drug-likeness (QED) is 0.166. The minimum atomic E-state index is -1.15. The predicted molar refractivity (Wildman–Crippen MR) is 177 cm³/mol. The standard InChI is InChI=1S/C33H23N5O4S3/c34-14-21-16-43-17-24(21)19-8-9-26(39)20(12-19)13-28-29(31(41)42)36-33(45-28)38-11-10-18-4-3-5-22(23(18)15-38)30(40)37-32-35-25-6-1-2-7-27(25)44-32/h1-9,12,16-17,39H,10-11,13,15H2,(H,41,42)(H,35,37,40). The number of carboxylic acids is 1. The maximum Gasteiger partial charge on any atom is 0.355 e. The summed E-state index contributed by atoms with van der Waals surface area (Å²) in [5, 5.41) is 37.8. The lowest BCUT2D eigenvalue weighted by atomic mass is 9.94. The van der Waals surface area contributed by atoms with Crippen molar-refractivity contribution in [1.82, 2.24) is 9.97 Å². The van der Waals surface area contributed by atoms with Crippen LogP contribution in [0.1, 0.15) is 48.0 Å². The number of nitrogens with one attached hydrogen (secondary N) is 1. The average Bonchev–Trinajstić information content (AvgIpc) is 3.79. The van der Waals surface area contributed by atoms with Crippen LogP contribution in [0.15, 0.2) is 71.4 Å². The normalized spacial score (nSPS) is 12.6. The highest BCUT2D eigenvalue weighted by Crippen LogP contribution is 2.36. The molecule has 1 aliphatic rings. The summed E-state index contributed by atoms with van der Waals surface area (Å²) in [7, 11) is 0. The molecule has 12 heteroatoms. The van der Waals surface area contributed by atoms with Crippen LogP contribution in [0.3, 0.4) is 0 Å². The van der Waals surface area contributed by atoms with E-state index >= 15 is 0 Å². The van der Waals surface area contributed by atoms with Crippen LogP contribution in [-0.4, -0.2) is 38.6 Å². The number of thiophene rings is 1. The fraction of sp³-hybridized carbons (Fsp3) is 0.121. The van der Waals surface area contributed by atoms with Gasteiger partial charge in [0.15, 0.2) is 16.0 Å². The van der Waals surface area contributed by atoms with Gasteiger partial charge in [0, 0.05) is 40.9 Å². The van der Waals surface area contributed by atoms with E-state index in [0.29, 0.717) is 51.3 Å². The fourth-order valence-electron chi connectivity index (χ4n) is 5.48. The highest BCUT2D eigenvalue weighted by atomic mass is 32.1. The van der Waals surface area contributed by atoms with Gasteiger partial charge in [-0.2, -0.15) is 16.6 Å². The van der Waals surface area contributed by atoms with Crippen molar-refractivity contribution in [2.75, 3.05) is 16.8 Å². The molecule has 7 rings (SSSR count). The molecule has 45 heavy (non-hydrogen) atoms. The number of phenolic OH excluding ortho intramolecular Hbond substituents is 1. The highest BCUT2D eigenvalue weighted by molar-refractivity contribution is 7.22. The smallest absolute Gasteiger partial charge is 0.355 e. The van der Waals surface area contributed by atoms with Gasteiger partial charge in [-0.1, -0.05) is 41.7 Å². The van der Waals surface area contributed by atoms with Gasteiger partial charge < -0.3 is 15.1 Å².